The highest BCUT2D eigenvalue weighted by Gasteiger charge is 2.38. The Kier molecular flexibility index (Phi) is 5.84. The predicted octanol–water partition coefficient (Wildman–Crippen LogP) is 2.32. The third kappa shape index (κ3) is 4.38. The number of thioether (sulfide) groups is 1. The SMILES string of the molecule is C=CCN1C(=O)C(CC(=O)Nc2ccc(Br)cc2)S/C1=N/n1cnnc1. The van der Waals surface area contributed by atoms with Crippen LogP contribution in [0.1, 0.15) is 6.42 Å². The van der Waals surface area contributed by atoms with E-state index in [0.717, 1.165) is 4.47 Å². The van der Waals surface area contributed by atoms with Crippen molar-refractivity contribution in [3.8, 4) is 0 Å². The van der Waals surface area contributed by atoms with E-state index in [-0.39, 0.29) is 18.2 Å². The molecule has 26 heavy (non-hydrogen) atoms. The lowest BCUT2D eigenvalue weighted by molar-refractivity contribution is -0.127. The summed E-state index contributed by atoms with van der Waals surface area (Å²) in [6, 6.07) is 7.24. The Morgan fingerprint density at radius 3 is 2.69 bits per heavy atom. The molecule has 134 valence electrons. The number of amides is 2. The van der Waals surface area contributed by atoms with Crippen molar-refractivity contribution in [2.24, 2.45) is 5.10 Å². The van der Waals surface area contributed by atoms with E-state index >= 15 is 0 Å². The number of nitrogens with one attached hydrogen (secondary N) is 1. The van der Waals surface area contributed by atoms with Gasteiger partial charge >= 0.3 is 0 Å². The lowest BCUT2D eigenvalue weighted by atomic mass is 10.2. The molecule has 0 bridgehead atoms. The second kappa shape index (κ2) is 8.28. The number of hydrogen-bond donors (Lipinski definition) is 1. The maximum Gasteiger partial charge on any atom is 0.243 e. The first kappa shape index (κ1) is 18.3. The van der Waals surface area contributed by atoms with Gasteiger partial charge in [-0.15, -0.1) is 21.9 Å². The molecule has 1 aliphatic rings. The van der Waals surface area contributed by atoms with Gasteiger partial charge in [0.1, 0.15) is 17.9 Å². The molecule has 0 spiro atoms. The largest absolute Gasteiger partial charge is 0.326 e. The molecule has 1 aromatic heterocycles. The highest BCUT2D eigenvalue weighted by atomic mass is 79.9. The number of carbonyl (C=O) groups excluding carboxylic acids is 2. The Morgan fingerprint density at radius 2 is 2.04 bits per heavy atom. The molecular formula is C16H15BrN6O2S. The summed E-state index contributed by atoms with van der Waals surface area (Å²) in [4.78, 5) is 26.4. The third-order valence-corrected chi connectivity index (χ3v) is 5.13. The van der Waals surface area contributed by atoms with E-state index in [4.69, 9.17) is 0 Å². The van der Waals surface area contributed by atoms with E-state index in [1.165, 1.54) is 34.0 Å². The van der Waals surface area contributed by atoms with Gasteiger partial charge in [-0.2, -0.15) is 0 Å². The van der Waals surface area contributed by atoms with E-state index in [2.05, 4.69) is 43.1 Å². The van der Waals surface area contributed by atoms with Crippen LogP contribution in [0.5, 0.6) is 0 Å². The second-order valence-electron chi connectivity index (χ2n) is 5.33. The van der Waals surface area contributed by atoms with Crippen molar-refractivity contribution in [2.75, 3.05) is 11.9 Å². The summed E-state index contributed by atoms with van der Waals surface area (Å²) >= 11 is 4.58. The Bertz CT molecular complexity index is 837. The van der Waals surface area contributed by atoms with Crippen LogP contribution in [-0.4, -0.2) is 48.6 Å². The van der Waals surface area contributed by atoms with Gasteiger partial charge in [-0.25, -0.2) is 4.68 Å². The molecule has 1 aliphatic heterocycles. The number of halogens is 1. The minimum absolute atomic E-state index is 0.0500. The summed E-state index contributed by atoms with van der Waals surface area (Å²) in [5.74, 6) is -0.407. The summed E-state index contributed by atoms with van der Waals surface area (Å²) in [6.07, 6.45) is 4.52. The van der Waals surface area contributed by atoms with Crippen molar-refractivity contribution >= 4 is 50.4 Å². The Hall–Kier alpha value is -2.46. The third-order valence-electron chi connectivity index (χ3n) is 3.44. The van der Waals surface area contributed by atoms with Crippen molar-refractivity contribution in [1.29, 1.82) is 0 Å². The first-order valence-electron chi connectivity index (χ1n) is 7.65. The van der Waals surface area contributed by atoms with Gasteiger partial charge in [0.15, 0.2) is 5.17 Å². The van der Waals surface area contributed by atoms with Gasteiger partial charge in [-0.1, -0.05) is 33.8 Å². The van der Waals surface area contributed by atoms with Crippen LogP contribution in [0.2, 0.25) is 0 Å². The number of hydrogen-bond acceptors (Lipinski definition) is 6. The van der Waals surface area contributed by atoms with Crippen molar-refractivity contribution in [3.05, 3.63) is 54.0 Å². The topological polar surface area (TPSA) is 92.5 Å². The molecule has 1 saturated heterocycles. The zero-order chi connectivity index (χ0) is 18.5. The molecule has 10 heteroatoms. The normalized spacial score (nSPS) is 18.3. The van der Waals surface area contributed by atoms with Crippen molar-refractivity contribution < 1.29 is 9.59 Å². The van der Waals surface area contributed by atoms with E-state index in [1.54, 1.807) is 18.2 Å². The fraction of sp³-hybridized carbons (Fsp3) is 0.188. The number of benzene rings is 1. The molecule has 0 aliphatic carbocycles. The van der Waals surface area contributed by atoms with Gasteiger partial charge in [-0.05, 0) is 24.3 Å². The fourth-order valence-corrected chi connectivity index (χ4v) is 3.69. The Labute approximate surface area is 162 Å². The number of anilines is 1. The van der Waals surface area contributed by atoms with E-state index < -0.39 is 5.25 Å². The Morgan fingerprint density at radius 1 is 1.35 bits per heavy atom. The molecule has 1 fully saturated rings. The number of nitrogens with zero attached hydrogens (tertiary/aromatic N) is 5. The quantitative estimate of drug-likeness (QED) is 0.704. The molecule has 8 nitrogen and oxygen atoms in total. The van der Waals surface area contributed by atoms with Gasteiger partial charge in [0, 0.05) is 23.1 Å². The minimum Gasteiger partial charge on any atom is -0.326 e. The van der Waals surface area contributed by atoms with Crippen LogP contribution in [0, 0.1) is 0 Å². The van der Waals surface area contributed by atoms with Crippen LogP contribution in [0.15, 0.2) is 59.1 Å². The molecular weight excluding hydrogens is 420 g/mol. The predicted molar refractivity (Wildman–Crippen MR) is 104 cm³/mol. The van der Waals surface area contributed by atoms with Crippen molar-refractivity contribution in [2.45, 2.75) is 11.7 Å². The van der Waals surface area contributed by atoms with E-state index in [0.29, 0.717) is 17.4 Å². The number of carbonyl (C=O) groups is 2. The first-order chi connectivity index (χ1) is 12.6. The summed E-state index contributed by atoms with van der Waals surface area (Å²) in [5.41, 5.74) is 0.676. The molecule has 0 radical (unpaired) electrons. The number of aromatic nitrogens is 3. The minimum atomic E-state index is -0.541. The monoisotopic (exact) mass is 434 g/mol. The van der Waals surface area contributed by atoms with Crippen LogP contribution in [0.25, 0.3) is 0 Å². The van der Waals surface area contributed by atoms with Crippen LogP contribution in [0.4, 0.5) is 5.69 Å². The first-order valence-corrected chi connectivity index (χ1v) is 9.32. The molecule has 3 rings (SSSR count). The second-order valence-corrected chi connectivity index (χ2v) is 7.41. The van der Waals surface area contributed by atoms with E-state index in [1.807, 2.05) is 12.1 Å². The molecule has 1 atom stereocenters. The standard InChI is InChI=1S/C16H15BrN6O2S/c1-2-7-23-15(25)13(26-16(23)21-22-9-18-19-10-22)8-14(24)20-12-5-3-11(17)4-6-12/h2-6,9-10,13H,1,7-8H2,(H,20,24)/b21-16+. The maximum absolute atomic E-state index is 12.6. The molecule has 2 heterocycles. The average Bonchev–Trinajstić information content (AvgIpc) is 3.22. The number of amidine groups is 1. The molecule has 1 unspecified atom stereocenters. The molecule has 0 saturated carbocycles. The van der Waals surface area contributed by atoms with Crippen molar-refractivity contribution in [1.82, 2.24) is 19.8 Å². The fourth-order valence-electron chi connectivity index (χ4n) is 2.27. The average molecular weight is 435 g/mol. The highest BCUT2D eigenvalue weighted by Crippen LogP contribution is 2.30. The van der Waals surface area contributed by atoms with Crippen LogP contribution in [-0.2, 0) is 9.59 Å². The van der Waals surface area contributed by atoms with Gasteiger partial charge < -0.3 is 5.32 Å². The Balaban J connectivity index is 1.69. The molecule has 2 aromatic rings. The summed E-state index contributed by atoms with van der Waals surface area (Å²) in [6.45, 7) is 3.98. The summed E-state index contributed by atoms with van der Waals surface area (Å²) in [5, 5.41) is 14.4. The van der Waals surface area contributed by atoms with Gasteiger partial charge in [0.25, 0.3) is 0 Å². The number of rotatable bonds is 6. The smallest absolute Gasteiger partial charge is 0.243 e. The van der Waals surface area contributed by atoms with Crippen LogP contribution < -0.4 is 5.32 Å². The van der Waals surface area contributed by atoms with E-state index in [9.17, 15) is 9.59 Å². The zero-order valence-corrected chi connectivity index (χ0v) is 16.0. The van der Waals surface area contributed by atoms with Crippen molar-refractivity contribution in [3.63, 3.8) is 0 Å². The maximum atomic E-state index is 12.6. The summed E-state index contributed by atoms with van der Waals surface area (Å²) in [7, 11) is 0. The highest BCUT2D eigenvalue weighted by molar-refractivity contribution is 9.10. The zero-order valence-electron chi connectivity index (χ0n) is 13.6. The van der Waals surface area contributed by atoms with Gasteiger partial charge in [0.05, 0.1) is 0 Å². The van der Waals surface area contributed by atoms with Gasteiger partial charge in [0.2, 0.25) is 11.8 Å². The molecule has 1 N–H and O–H groups in total. The molecule has 2 amide bonds. The summed E-state index contributed by atoms with van der Waals surface area (Å²) < 4.78 is 2.34. The van der Waals surface area contributed by atoms with Crippen LogP contribution in [0.3, 0.4) is 0 Å². The van der Waals surface area contributed by atoms with Gasteiger partial charge in [-0.3, -0.25) is 14.5 Å². The van der Waals surface area contributed by atoms with Crippen LogP contribution >= 0.6 is 27.7 Å². The lowest BCUT2D eigenvalue weighted by Gasteiger charge is -2.13. The lowest BCUT2D eigenvalue weighted by Crippen LogP contribution is -2.33. The molecule has 1 aromatic carbocycles.